The number of carbonyl (C=O) groups is 5. The van der Waals surface area contributed by atoms with E-state index in [-0.39, 0.29) is 41.0 Å². The molecule has 36 heavy (non-hydrogen) atoms. The monoisotopic (exact) mass is 505 g/mol. The quantitative estimate of drug-likeness (QED) is 0.364. The zero-order chi connectivity index (χ0) is 26.7. The van der Waals surface area contributed by atoms with Crippen LogP contribution in [0.4, 0.5) is 0 Å². The first-order valence-electron chi connectivity index (χ1n) is 13.0. The van der Waals surface area contributed by atoms with E-state index in [1.54, 1.807) is 0 Å². The number of Topliss-reactive ketones (excluding diaryl/α,β-unsaturated/α-hetero) is 2. The summed E-state index contributed by atoms with van der Waals surface area (Å²) in [5.41, 5.74) is 5.12. The Morgan fingerprint density at radius 3 is 2.31 bits per heavy atom. The van der Waals surface area contributed by atoms with Gasteiger partial charge in [-0.3, -0.25) is 14.4 Å². The fourth-order valence-corrected chi connectivity index (χ4v) is 7.64. The largest absolute Gasteiger partial charge is 0.478 e. The van der Waals surface area contributed by atoms with Gasteiger partial charge < -0.3 is 20.7 Å². The third-order valence-electron chi connectivity index (χ3n) is 9.28. The Labute approximate surface area is 211 Å². The molecule has 0 saturated heterocycles. The second-order valence-electron chi connectivity index (χ2n) is 11.3. The summed E-state index contributed by atoms with van der Waals surface area (Å²) in [7, 11) is 0. The second-order valence-corrected chi connectivity index (χ2v) is 11.3. The van der Waals surface area contributed by atoms with Crippen molar-refractivity contribution >= 4 is 29.5 Å². The SMILES string of the molecule is C[C@]12CCCC[C@@H]1C(=O)C[C@@H]1[C@@H]2CC[C@]2(C)C(=O)CC(OC(=O)CCCN)[C@@H]12.O=C(O)C=CC(=O)O. The van der Waals surface area contributed by atoms with Gasteiger partial charge in [0.1, 0.15) is 17.7 Å². The van der Waals surface area contributed by atoms with Crippen molar-refractivity contribution in [3.63, 3.8) is 0 Å². The number of nitrogens with two attached hydrogens (primary N) is 1. The van der Waals surface area contributed by atoms with Crippen LogP contribution in [0.5, 0.6) is 0 Å². The first-order chi connectivity index (χ1) is 16.9. The summed E-state index contributed by atoms with van der Waals surface area (Å²) in [5.74, 6) is -1.35. The summed E-state index contributed by atoms with van der Waals surface area (Å²) in [4.78, 5) is 57.5. The van der Waals surface area contributed by atoms with Crippen LogP contribution in [0.1, 0.15) is 78.1 Å². The number of ketones is 2. The lowest BCUT2D eigenvalue weighted by Crippen LogP contribution is -2.57. The van der Waals surface area contributed by atoms with E-state index in [1.165, 1.54) is 6.42 Å². The molecule has 4 aliphatic carbocycles. The average molecular weight is 506 g/mol. The number of fused-ring (bicyclic) bond motifs is 5. The van der Waals surface area contributed by atoms with E-state index in [0.29, 0.717) is 56.1 Å². The van der Waals surface area contributed by atoms with Gasteiger partial charge in [-0.2, -0.15) is 0 Å². The highest BCUT2D eigenvalue weighted by Crippen LogP contribution is 2.65. The number of aliphatic carboxylic acids is 2. The Balaban J connectivity index is 0.000000392. The maximum Gasteiger partial charge on any atom is 0.328 e. The summed E-state index contributed by atoms with van der Waals surface area (Å²) in [5, 5.41) is 15.6. The predicted molar refractivity (Wildman–Crippen MR) is 130 cm³/mol. The van der Waals surface area contributed by atoms with Crippen molar-refractivity contribution in [2.24, 2.45) is 40.2 Å². The third kappa shape index (κ3) is 5.56. The van der Waals surface area contributed by atoms with Crippen molar-refractivity contribution < 1.29 is 38.9 Å². The molecule has 0 heterocycles. The maximum absolute atomic E-state index is 13.1. The Kier molecular flexibility index (Phi) is 8.75. The third-order valence-corrected chi connectivity index (χ3v) is 9.28. The van der Waals surface area contributed by atoms with Gasteiger partial charge in [-0.25, -0.2) is 9.59 Å². The van der Waals surface area contributed by atoms with Crippen molar-refractivity contribution in [1.29, 1.82) is 0 Å². The first kappa shape index (κ1) is 28.0. The predicted octanol–water partition coefficient (Wildman–Crippen LogP) is 3.14. The van der Waals surface area contributed by atoms with E-state index >= 15 is 0 Å². The molecule has 0 aromatic carbocycles. The van der Waals surface area contributed by atoms with Crippen molar-refractivity contribution in [3.8, 4) is 0 Å². The van der Waals surface area contributed by atoms with Gasteiger partial charge in [0, 0.05) is 48.7 Å². The van der Waals surface area contributed by atoms with Crippen molar-refractivity contribution in [2.75, 3.05) is 6.54 Å². The lowest BCUT2D eigenvalue weighted by molar-refractivity contribution is -0.168. The molecule has 4 rings (SSSR count). The lowest BCUT2D eigenvalue weighted by atomic mass is 9.45. The van der Waals surface area contributed by atoms with Crippen LogP contribution in [0, 0.1) is 34.5 Å². The van der Waals surface area contributed by atoms with E-state index in [1.807, 2.05) is 0 Å². The Morgan fingerprint density at radius 2 is 1.69 bits per heavy atom. The molecular weight excluding hydrogens is 466 g/mol. The summed E-state index contributed by atoms with van der Waals surface area (Å²) < 4.78 is 5.85. The molecular formula is C27H39NO8. The molecule has 0 aliphatic heterocycles. The molecule has 4 saturated carbocycles. The molecule has 200 valence electrons. The number of esters is 1. The molecule has 0 aromatic rings. The molecule has 0 radical (unpaired) electrons. The fourth-order valence-electron chi connectivity index (χ4n) is 7.64. The van der Waals surface area contributed by atoms with Gasteiger partial charge in [0.2, 0.25) is 0 Å². The number of carbonyl (C=O) groups excluding carboxylic acids is 3. The van der Waals surface area contributed by atoms with E-state index in [4.69, 9.17) is 20.7 Å². The van der Waals surface area contributed by atoms with Gasteiger partial charge in [0.25, 0.3) is 0 Å². The summed E-state index contributed by atoms with van der Waals surface area (Å²) in [6, 6.07) is 0. The lowest BCUT2D eigenvalue weighted by Gasteiger charge is -2.59. The van der Waals surface area contributed by atoms with E-state index in [0.717, 1.165) is 32.1 Å². The van der Waals surface area contributed by atoms with Gasteiger partial charge in [-0.05, 0) is 55.9 Å². The minimum atomic E-state index is -1.26. The van der Waals surface area contributed by atoms with Crippen LogP contribution in [-0.4, -0.2) is 52.3 Å². The molecule has 1 unspecified atom stereocenters. The Morgan fingerprint density at radius 1 is 1.03 bits per heavy atom. The number of hydrogen-bond acceptors (Lipinski definition) is 7. The van der Waals surface area contributed by atoms with Crippen molar-refractivity contribution in [3.05, 3.63) is 12.2 Å². The standard InChI is InChI=1S/C23H35NO4.C4H4O4/c1-22-9-4-3-6-16(22)17(25)12-14-15(22)8-10-23(2)19(26)13-18(21(14)23)28-20(27)7-5-11-24;5-3(6)1-2-4(7)8/h14-16,18,21H,3-13,24H2,1-2H3;1-2H,(H,5,6)(H,7,8)/t14-,15+,16-,18?,21-,22-,23-;/m1./s1. The number of rotatable bonds is 6. The molecule has 4 aliphatic rings. The minimum Gasteiger partial charge on any atom is -0.478 e. The minimum absolute atomic E-state index is 0.00997. The highest BCUT2D eigenvalue weighted by atomic mass is 16.5. The molecule has 0 amide bonds. The van der Waals surface area contributed by atoms with Crippen LogP contribution in [0.2, 0.25) is 0 Å². The van der Waals surface area contributed by atoms with Crippen LogP contribution < -0.4 is 5.73 Å². The molecule has 4 fully saturated rings. The van der Waals surface area contributed by atoms with Gasteiger partial charge in [0.15, 0.2) is 0 Å². The van der Waals surface area contributed by atoms with Crippen LogP contribution in [0.25, 0.3) is 0 Å². The van der Waals surface area contributed by atoms with Crippen LogP contribution in [0.15, 0.2) is 12.2 Å². The zero-order valence-corrected chi connectivity index (χ0v) is 21.2. The molecule has 9 heteroatoms. The average Bonchev–Trinajstić information content (AvgIpc) is 3.06. The van der Waals surface area contributed by atoms with Gasteiger partial charge in [-0.15, -0.1) is 0 Å². The Bertz CT molecular complexity index is 913. The van der Waals surface area contributed by atoms with Crippen LogP contribution in [-0.2, 0) is 28.7 Å². The second kappa shape index (κ2) is 11.2. The van der Waals surface area contributed by atoms with Crippen LogP contribution >= 0.6 is 0 Å². The fraction of sp³-hybridized carbons (Fsp3) is 0.741. The molecule has 0 bridgehead atoms. The molecule has 9 nitrogen and oxygen atoms in total. The van der Waals surface area contributed by atoms with E-state index in [2.05, 4.69) is 13.8 Å². The van der Waals surface area contributed by atoms with Crippen LogP contribution in [0.3, 0.4) is 0 Å². The summed E-state index contributed by atoms with van der Waals surface area (Å²) in [6.45, 7) is 4.84. The summed E-state index contributed by atoms with van der Waals surface area (Å²) >= 11 is 0. The number of hydrogen-bond donors (Lipinski definition) is 3. The van der Waals surface area contributed by atoms with E-state index < -0.39 is 17.4 Å². The molecule has 4 N–H and O–H groups in total. The maximum atomic E-state index is 13.1. The first-order valence-corrected chi connectivity index (χ1v) is 13.0. The van der Waals surface area contributed by atoms with Gasteiger partial charge in [0.05, 0.1) is 0 Å². The Hall–Kier alpha value is -2.55. The number of carboxylic acids is 2. The molecule has 0 aromatic heterocycles. The normalized spacial score (nSPS) is 37.2. The highest BCUT2D eigenvalue weighted by Gasteiger charge is 2.65. The number of carboxylic acid groups (broad SMARTS) is 2. The van der Waals surface area contributed by atoms with Gasteiger partial charge >= 0.3 is 17.9 Å². The number of ether oxygens (including phenoxy) is 1. The zero-order valence-electron chi connectivity index (χ0n) is 21.2. The van der Waals surface area contributed by atoms with E-state index in [9.17, 15) is 24.0 Å². The molecule has 7 atom stereocenters. The highest BCUT2D eigenvalue weighted by molar-refractivity contribution is 5.90. The van der Waals surface area contributed by atoms with Crippen molar-refractivity contribution in [2.45, 2.75) is 84.2 Å². The molecule has 0 spiro atoms. The summed E-state index contributed by atoms with van der Waals surface area (Å²) in [6.07, 6.45) is 8.91. The van der Waals surface area contributed by atoms with Gasteiger partial charge in [-0.1, -0.05) is 26.7 Å². The topological polar surface area (TPSA) is 161 Å². The smallest absolute Gasteiger partial charge is 0.328 e. The van der Waals surface area contributed by atoms with Crippen molar-refractivity contribution in [1.82, 2.24) is 0 Å².